The number of hydrogen-bond donors (Lipinski definition) is 1. The number of hydrogen-bond acceptors (Lipinski definition) is 5. The molecule has 0 spiro atoms. The highest BCUT2D eigenvalue weighted by atomic mass is 32.1. The highest BCUT2D eigenvalue weighted by Gasteiger charge is 2.21. The summed E-state index contributed by atoms with van der Waals surface area (Å²) in [6.45, 7) is 4.08. The van der Waals surface area contributed by atoms with Crippen LogP contribution in [0.2, 0.25) is 0 Å². The van der Waals surface area contributed by atoms with Gasteiger partial charge in [-0.15, -0.1) is 11.3 Å². The monoisotopic (exact) mass is 356 g/mol. The molecule has 1 aliphatic heterocycles. The molecule has 1 atom stereocenters. The fourth-order valence-electron chi connectivity index (χ4n) is 3.59. The van der Waals surface area contributed by atoms with Gasteiger partial charge in [0.05, 0.1) is 7.11 Å². The SMILES string of the molecule is COc1nc2sccn2c1CNC1CCCN(Cc2ccccc2)C1. The van der Waals surface area contributed by atoms with E-state index in [4.69, 9.17) is 4.74 Å². The Labute approximate surface area is 152 Å². The molecule has 0 bridgehead atoms. The highest BCUT2D eigenvalue weighted by Crippen LogP contribution is 2.23. The van der Waals surface area contributed by atoms with Gasteiger partial charge >= 0.3 is 0 Å². The van der Waals surface area contributed by atoms with Crippen LogP contribution in [0.3, 0.4) is 0 Å². The van der Waals surface area contributed by atoms with Crippen molar-refractivity contribution >= 4 is 16.3 Å². The van der Waals surface area contributed by atoms with Crippen molar-refractivity contribution < 1.29 is 4.74 Å². The number of thiazole rings is 1. The number of methoxy groups -OCH3 is 1. The van der Waals surface area contributed by atoms with Gasteiger partial charge in [0.2, 0.25) is 5.88 Å². The molecule has 0 aliphatic carbocycles. The molecule has 1 aromatic carbocycles. The second kappa shape index (κ2) is 7.56. The third kappa shape index (κ3) is 3.71. The summed E-state index contributed by atoms with van der Waals surface area (Å²) in [7, 11) is 1.69. The topological polar surface area (TPSA) is 41.8 Å². The predicted octanol–water partition coefficient (Wildman–Crippen LogP) is 3.16. The van der Waals surface area contributed by atoms with Crippen molar-refractivity contribution in [2.75, 3.05) is 20.2 Å². The number of nitrogens with one attached hydrogen (secondary N) is 1. The summed E-state index contributed by atoms with van der Waals surface area (Å²) in [5, 5.41) is 5.78. The number of benzene rings is 1. The lowest BCUT2D eigenvalue weighted by molar-refractivity contribution is 0.182. The van der Waals surface area contributed by atoms with E-state index < -0.39 is 0 Å². The normalized spacial score (nSPS) is 18.7. The van der Waals surface area contributed by atoms with Crippen LogP contribution in [0.1, 0.15) is 24.1 Å². The summed E-state index contributed by atoms with van der Waals surface area (Å²) in [5.41, 5.74) is 2.50. The van der Waals surface area contributed by atoms with Gasteiger partial charge in [0.1, 0.15) is 5.69 Å². The Morgan fingerprint density at radius 2 is 2.20 bits per heavy atom. The van der Waals surface area contributed by atoms with Crippen LogP contribution in [0.5, 0.6) is 5.88 Å². The van der Waals surface area contributed by atoms with E-state index in [-0.39, 0.29) is 0 Å². The maximum absolute atomic E-state index is 5.45. The van der Waals surface area contributed by atoms with Crippen molar-refractivity contribution in [3.05, 3.63) is 53.2 Å². The summed E-state index contributed by atoms with van der Waals surface area (Å²) in [6, 6.07) is 11.2. The van der Waals surface area contributed by atoms with Gasteiger partial charge in [0, 0.05) is 37.3 Å². The first-order chi connectivity index (χ1) is 12.3. The number of nitrogens with zero attached hydrogens (tertiary/aromatic N) is 3. The van der Waals surface area contributed by atoms with Gasteiger partial charge in [0.25, 0.3) is 0 Å². The Kier molecular flexibility index (Phi) is 5.01. The summed E-state index contributed by atoms with van der Waals surface area (Å²) >= 11 is 1.64. The van der Waals surface area contributed by atoms with Crippen molar-refractivity contribution in [2.24, 2.45) is 0 Å². The molecule has 4 rings (SSSR count). The van der Waals surface area contributed by atoms with Gasteiger partial charge in [-0.3, -0.25) is 9.30 Å². The van der Waals surface area contributed by atoms with Gasteiger partial charge in [-0.2, -0.15) is 4.98 Å². The van der Waals surface area contributed by atoms with Gasteiger partial charge in [-0.1, -0.05) is 30.3 Å². The first-order valence-electron chi connectivity index (χ1n) is 8.81. The Hall–Kier alpha value is -1.89. The lowest BCUT2D eigenvalue weighted by atomic mass is 10.0. The Morgan fingerprint density at radius 1 is 1.32 bits per heavy atom. The molecule has 1 unspecified atom stereocenters. The van der Waals surface area contributed by atoms with Crippen molar-refractivity contribution in [3.63, 3.8) is 0 Å². The van der Waals surface area contributed by atoms with Crippen molar-refractivity contribution in [1.82, 2.24) is 19.6 Å². The molecule has 1 N–H and O–H groups in total. The van der Waals surface area contributed by atoms with Gasteiger partial charge in [0.15, 0.2) is 4.96 Å². The molecule has 2 aromatic heterocycles. The highest BCUT2D eigenvalue weighted by molar-refractivity contribution is 7.15. The summed E-state index contributed by atoms with van der Waals surface area (Å²) in [5.74, 6) is 0.733. The molecule has 0 amide bonds. The zero-order valence-electron chi connectivity index (χ0n) is 14.5. The second-order valence-corrected chi connectivity index (χ2v) is 7.44. The number of rotatable bonds is 6. The van der Waals surface area contributed by atoms with Crippen LogP contribution in [0.25, 0.3) is 4.96 Å². The number of imidazole rings is 1. The first-order valence-corrected chi connectivity index (χ1v) is 9.69. The first kappa shape index (κ1) is 16.6. The van der Waals surface area contributed by atoms with E-state index in [9.17, 15) is 0 Å². The van der Waals surface area contributed by atoms with Gasteiger partial charge < -0.3 is 10.1 Å². The lowest BCUT2D eigenvalue weighted by Crippen LogP contribution is -2.45. The molecular weight excluding hydrogens is 332 g/mol. The molecule has 1 fully saturated rings. The van der Waals surface area contributed by atoms with Crippen molar-refractivity contribution in [2.45, 2.75) is 32.0 Å². The third-order valence-electron chi connectivity index (χ3n) is 4.83. The van der Waals surface area contributed by atoms with E-state index in [0.29, 0.717) is 6.04 Å². The van der Waals surface area contributed by atoms with Crippen LogP contribution in [-0.2, 0) is 13.1 Å². The molecule has 6 heteroatoms. The van der Waals surface area contributed by atoms with E-state index in [0.717, 1.165) is 36.2 Å². The minimum atomic E-state index is 0.506. The molecule has 5 nitrogen and oxygen atoms in total. The Morgan fingerprint density at radius 3 is 3.04 bits per heavy atom. The molecule has 0 saturated carbocycles. The van der Waals surface area contributed by atoms with E-state index in [2.05, 4.69) is 61.5 Å². The minimum Gasteiger partial charge on any atom is -0.480 e. The molecule has 0 radical (unpaired) electrons. The van der Waals surface area contributed by atoms with E-state index >= 15 is 0 Å². The number of piperidine rings is 1. The zero-order valence-corrected chi connectivity index (χ0v) is 15.3. The Balaban J connectivity index is 1.38. The van der Waals surface area contributed by atoms with Crippen molar-refractivity contribution in [1.29, 1.82) is 0 Å². The van der Waals surface area contributed by atoms with E-state index in [1.165, 1.54) is 24.9 Å². The molecule has 3 aromatic rings. The van der Waals surface area contributed by atoms with Crippen LogP contribution < -0.4 is 10.1 Å². The zero-order chi connectivity index (χ0) is 17.1. The predicted molar refractivity (Wildman–Crippen MR) is 101 cm³/mol. The van der Waals surface area contributed by atoms with Crippen molar-refractivity contribution in [3.8, 4) is 5.88 Å². The summed E-state index contributed by atoms with van der Waals surface area (Å²) < 4.78 is 7.58. The molecule has 25 heavy (non-hydrogen) atoms. The largest absolute Gasteiger partial charge is 0.480 e. The fourth-order valence-corrected chi connectivity index (χ4v) is 4.31. The van der Waals surface area contributed by atoms with Crippen LogP contribution >= 0.6 is 11.3 Å². The summed E-state index contributed by atoms with van der Waals surface area (Å²) in [6.07, 6.45) is 4.52. The maximum atomic E-state index is 5.45. The van der Waals surface area contributed by atoms with Gasteiger partial charge in [-0.05, 0) is 24.9 Å². The van der Waals surface area contributed by atoms with Crippen LogP contribution in [0.4, 0.5) is 0 Å². The van der Waals surface area contributed by atoms with E-state index in [1.54, 1.807) is 18.4 Å². The standard InChI is InChI=1S/C19H24N4OS/c1-24-18-17(23-10-11-25-19(23)21-18)12-20-16-8-5-9-22(14-16)13-15-6-3-2-4-7-15/h2-4,6-7,10-11,16,20H,5,8-9,12-14H2,1H3. The number of likely N-dealkylation sites (tertiary alicyclic amines) is 1. The van der Waals surface area contributed by atoms with E-state index in [1.807, 2.05) is 0 Å². The lowest BCUT2D eigenvalue weighted by Gasteiger charge is -2.33. The fraction of sp³-hybridized carbons (Fsp3) is 0.421. The Bertz CT molecular complexity index is 813. The third-order valence-corrected chi connectivity index (χ3v) is 5.59. The smallest absolute Gasteiger partial charge is 0.237 e. The average Bonchev–Trinajstić information content (AvgIpc) is 3.22. The molecule has 3 heterocycles. The number of fused-ring (bicyclic) bond motifs is 1. The van der Waals surface area contributed by atoms with Gasteiger partial charge in [-0.25, -0.2) is 0 Å². The average molecular weight is 356 g/mol. The van der Waals surface area contributed by atoms with Crippen LogP contribution in [0.15, 0.2) is 41.9 Å². The summed E-state index contributed by atoms with van der Waals surface area (Å²) in [4.78, 5) is 8.07. The second-order valence-electron chi connectivity index (χ2n) is 6.56. The van der Waals surface area contributed by atoms with Crippen LogP contribution in [0, 0.1) is 0 Å². The number of aromatic nitrogens is 2. The molecule has 132 valence electrons. The quantitative estimate of drug-likeness (QED) is 0.737. The molecular formula is C19H24N4OS. The van der Waals surface area contributed by atoms with Crippen LogP contribution in [-0.4, -0.2) is 40.5 Å². The molecule has 1 saturated heterocycles. The molecule has 1 aliphatic rings. The minimum absolute atomic E-state index is 0.506. The number of ether oxygens (including phenoxy) is 1. The maximum Gasteiger partial charge on any atom is 0.237 e.